The lowest BCUT2D eigenvalue weighted by atomic mass is 10.1. The van der Waals surface area contributed by atoms with Crippen molar-refractivity contribution >= 4 is 34.5 Å². The standard InChI is InChI=1S/C12H19N3OS2/c1-5-15(6-7(2)11(13)17)12(16)10-8(3)14-9(4)18-10/h7H,5-6H2,1-4H3,(H2,13,17). The van der Waals surface area contributed by atoms with E-state index < -0.39 is 0 Å². The molecule has 0 fully saturated rings. The first-order valence-electron chi connectivity index (χ1n) is 5.89. The minimum Gasteiger partial charge on any atom is -0.393 e. The molecule has 0 radical (unpaired) electrons. The van der Waals surface area contributed by atoms with Gasteiger partial charge in [-0.1, -0.05) is 19.1 Å². The van der Waals surface area contributed by atoms with E-state index in [4.69, 9.17) is 18.0 Å². The second-order valence-corrected chi connectivity index (χ2v) is 5.97. The van der Waals surface area contributed by atoms with Crippen LogP contribution >= 0.6 is 23.6 Å². The fourth-order valence-electron chi connectivity index (χ4n) is 1.65. The second kappa shape index (κ2) is 6.24. The number of aromatic nitrogens is 1. The fourth-order valence-corrected chi connectivity index (χ4v) is 2.61. The van der Waals surface area contributed by atoms with Crippen LogP contribution < -0.4 is 5.73 Å². The van der Waals surface area contributed by atoms with Crippen molar-refractivity contribution in [1.82, 2.24) is 9.88 Å². The molecule has 0 spiro atoms. The van der Waals surface area contributed by atoms with E-state index in [0.29, 0.717) is 23.0 Å². The van der Waals surface area contributed by atoms with Crippen LogP contribution in [0.3, 0.4) is 0 Å². The molecular weight excluding hydrogens is 266 g/mol. The van der Waals surface area contributed by atoms with Crippen LogP contribution in [0.4, 0.5) is 0 Å². The first-order chi connectivity index (χ1) is 8.36. The lowest BCUT2D eigenvalue weighted by Gasteiger charge is -2.23. The summed E-state index contributed by atoms with van der Waals surface area (Å²) < 4.78 is 0. The van der Waals surface area contributed by atoms with E-state index in [1.807, 2.05) is 27.7 Å². The second-order valence-electron chi connectivity index (χ2n) is 4.29. The minimum absolute atomic E-state index is 0.0173. The normalized spacial score (nSPS) is 12.2. The van der Waals surface area contributed by atoms with Crippen LogP contribution in [-0.4, -0.2) is 33.9 Å². The molecule has 1 aromatic heterocycles. The van der Waals surface area contributed by atoms with E-state index >= 15 is 0 Å². The van der Waals surface area contributed by atoms with Gasteiger partial charge in [0.1, 0.15) is 4.88 Å². The average molecular weight is 285 g/mol. The van der Waals surface area contributed by atoms with Gasteiger partial charge in [0.15, 0.2) is 0 Å². The Balaban J connectivity index is 2.86. The number of aryl methyl sites for hydroxylation is 2. The zero-order chi connectivity index (χ0) is 13.9. The zero-order valence-electron chi connectivity index (χ0n) is 11.2. The molecule has 0 bridgehead atoms. The first-order valence-corrected chi connectivity index (χ1v) is 7.11. The molecule has 0 aliphatic rings. The van der Waals surface area contributed by atoms with Crippen molar-refractivity contribution in [3.05, 3.63) is 15.6 Å². The van der Waals surface area contributed by atoms with E-state index in [1.165, 1.54) is 11.3 Å². The minimum atomic E-state index is 0.0173. The fraction of sp³-hybridized carbons (Fsp3) is 0.583. The number of hydrogen-bond donors (Lipinski definition) is 1. The largest absolute Gasteiger partial charge is 0.393 e. The van der Waals surface area contributed by atoms with Gasteiger partial charge in [0.05, 0.1) is 15.7 Å². The van der Waals surface area contributed by atoms with Crippen LogP contribution in [0.1, 0.15) is 34.2 Å². The smallest absolute Gasteiger partial charge is 0.265 e. The van der Waals surface area contributed by atoms with E-state index in [2.05, 4.69) is 4.98 Å². The SMILES string of the molecule is CCN(CC(C)C(N)=S)C(=O)c1sc(C)nc1C. The Morgan fingerprint density at radius 1 is 1.56 bits per heavy atom. The summed E-state index contributed by atoms with van der Waals surface area (Å²) >= 11 is 6.38. The monoisotopic (exact) mass is 285 g/mol. The molecular formula is C12H19N3OS2. The van der Waals surface area contributed by atoms with Crippen LogP contribution in [0.25, 0.3) is 0 Å². The molecule has 1 rings (SSSR count). The number of amides is 1. The average Bonchev–Trinajstić information content (AvgIpc) is 2.63. The Kier molecular flexibility index (Phi) is 5.22. The molecule has 1 aromatic rings. The Morgan fingerprint density at radius 3 is 2.56 bits per heavy atom. The summed E-state index contributed by atoms with van der Waals surface area (Å²) in [5.74, 6) is 0.0434. The van der Waals surface area contributed by atoms with Crippen LogP contribution in [0.2, 0.25) is 0 Å². The molecule has 0 aromatic carbocycles. The van der Waals surface area contributed by atoms with E-state index in [0.717, 1.165) is 10.7 Å². The highest BCUT2D eigenvalue weighted by molar-refractivity contribution is 7.80. The third-order valence-corrected chi connectivity index (χ3v) is 4.21. The van der Waals surface area contributed by atoms with Crippen LogP contribution in [-0.2, 0) is 0 Å². The molecule has 0 aliphatic carbocycles. The lowest BCUT2D eigenvalue weighted by Crippen LogP contribution is -2.38. The molecule has 0 aliphatic heterocycles. The summed E-state index contributed by atoms with van der Waals surface area (Å²) in [6.45, 7) is 8.85. The maximum absolute atomic E-state index is 12.4. The van der Waals surface area contributed by atoms with Crippen molar-refractivity contribution in [1.29, 1.82) is 0 Å². The Labute approximate surface area is 117 Å². The summed E-state index contributed by atoms with van der Waals surface area (Å²) in [4.78, 5) is 19.6. The van der Waals surface area contributed by atoms with Gasteiger partial charge in [0, 0.05) is 19.0 Å². The van der Waals surface area contributed by atoms with E-state index in [1.54, 1.807) is 4.90 Å². The van der Waals surface area contributed by atoms with Crippen molar-refractivity contribution in [2.45, 2.75) is 27.7 Å². The van der Waals surface area contributed by atoms with Crippen molar-refractivity contribution in [3.63, 3.8) is 0 Å². The number of nitrogens with two attached hydrogens (primary N) is 1. The predicted octanol–water partition coefficient (Wildman–Crippen LogP) is 2.14. The van der Waals surface area contributed by atoms with Gasteiger partial charge >= 0.3 is 0 Å². The van der Waals surface area contributed by atoms with Gasteiger partial charge < -0.3 is 10.6 Å². The number of thiazole rings is 1. The van der Waals surface area contributed by atoms with Gasteiger partial charge in [-0.3, -0.25) is 4.79 Å². The quantitative estimate of drug-likeness (QED) is 0.842. The Morgan fingerprint density at radius 2 is 2.17 bits per heavy atom. The maximum Gasteiger partial charge on any atom is 0.265 e. The molecule has 6 heteroatoms. The summed E-state index contributed by atoms with van der Waals surface area (Å²) in [5.41, 5.74) is 6.39. The van der Waals surface area contributed by atoms with Gasteiger partial charge in [-0.15, -0.1) is 11.3 Å². The number of carbonyl (C=O) groups excluding carboxylic acids is 1. The third-order valence-electron chi connectivity index (χ3n) is 2.75. The van der Waals surface area contributed by atoms with Crippen LogP contribution in [0.15, 0.2) is 0 Å². The molecule has 1 unspecified atom stereocenters. The van der Waals surface area contributed by atoms with Crippen LogP contribution in [0, 0.1) is 19.8 Å². The number of carbonyl (C=O) groups is 1. The molecule has 18 heavy (non-hydrogen) atoms. The molecule has 1 heterocycles. The third kappa shape index (κ3) is 3.49. The predicted molar refractivity (Wildman–Crippen MR) is 79.1 cm³/mol. The summed E-state index contributed by atoms with van der Waals surface area (Å²) in [5, 5.41) is 0.911. The van der Waals surface area contributed by atoms with E-state index in [9.17, 15) is 4.79 Å². The van der Waals surface area contributed by atoms with E-state index in [-0.39, 0.29) is 11.8 Å². The zero-order valence-corrected chi connectivity index (χ0v) is 12.8. The van der Waals surface area contributed by atoms with Gasteiger partial charge in [-0.25, -0.2) is 4.98 Å². The van der Waals surface area contributed by atoms with Crippen molar-refractivity contribution in [2.75, 3.05) is 13.1 Å². The molecule has 100 valence electrons. The maximum atomic E-state index is 12.4. The highest BCUT2D eigenvalue weighted by Crippen LogP contribution is 2.19. The lowest BCUT2D eigenvalue weighted by molar-refractivity contribution is 0.0759. The number of nitrogens with zero attached hydrogens (tertiary/aromatic N) is 2. The summed E-state index contributed by atoms with van der Waals surface area (Å²) in [7, 11) is 0. The molecule has 1 amide bonds. The van der Waals surface area contributed by atoms with Crippen LogP contribution in [0.5, 0.6) is 0 Å². The topological polar surface area (TPSA) is 59.2 Å². The van der Waals surface area contributed by atoms with Gasteiger partial charge in [-0.05, 0) is 20.8 Å². The molecule has 0 saturated carbocycles. The van der Waals surface area contributed by atoms with Crippen molar-refractivity contribution in [3.8, 4) is 0 Å². The van der Waals surface area contributed by atoms with Crippen molar-refractivity contribution < 1.29 is 4.79 Å². The number of thiocarbonyl (C=S) groups is 1. The molecule has 2 N–H and O–H groups in total. The molecule has 0 saturated heterocycles. The molecule has 4 nitrogen and oxygen atoms in total. The number of rotatable bonds is 5. The summed E-state index contributed by atoms with van der Waals surface area (Å²) in [6, 6.07) is 0. The van der Waals surface area contributed by atoms with Gasteiger partial charge in [0.25, 0.3) is 5.91 Å². The van der Waals surface area contributed by atoms with Gasteiger partial charge in [0.2, 0.25) is 0 Å². The number of hydrogen-bond acceptors (Lipinski definition) is 4. The summed E-state index contributed by atoms with van der Waals surface area (Å²) in [6.07, 6.45) is 0. The first kappa shape index (κ1) is 15.0. The Bertz CT molecular complexity index is 456. The highest BCUT2D eigenvalue weighted by Gasteiger charge is 2.21. The molecule has 1 atom stereocenters. The van der Waals surface area contributed by atoms with Gasteiger partial charge in [-0.2, -0.15) is 0 Å². The van der Waals surface area contributed by atoms with Crippen molar-refractivity contribution in [2.24, 2.45) is 11.7 Å². The highest BCUT2D eigenvalue weighted by atomic mass is 32.1. The Hall–Kier alpha value is -1.01.